The average molecular weight is 233 g/mol. The molecule has 1 aromatic heterocycles. The summed E-state index contributed by atoms with van der Waals surface area (Å²) in [6.45, 7) is 8.85. The van der Waals surface area contributed by atoms with Gasteiger partial charge >= 0.3 is 0 Å². The Morgan fingerprint density at radius 3 is 2.94 bits per heavy atom. The summed E-state index contributed by atoms with van der Waals surface area (Å²) in [4.78, 5) is 6.82. The van der Waals surface area contributed by atoms with E-state index in [1.165, 1.54) is 18.5 Å². The molecule has 0 radical (unpaired) electrons. The maximum atomic E-state index is 4.33. The largest absolute Gasteiger partial charge is 0.384 e. The number of hydrogen-bond donors (Lipinski definition) is 1. The molecule has 1 aliphatic heterocycles. The van der Waals surface area contributed by atoms with Crippen LogP contribution < -0.4 is 10.2 Å². The van der Waals surface area contributed by atoms with Gasteiger partial charge in [-0.15, -0.1) is 0 Å². The predicted octanol–water partition coefficient (Wildman–Crippen LogP) is 3.14. The van der Waals surface area contributed by atoms with E-state index in [0.29, 0.717) is 6.04 Å². The summed E-state index contributed by atoms with van der Waals surface area (Å²) in [5, 5.41) is 3.32. The Labute approximate surface area is 104 Å². The van der Waals surface area contributed by atoms with Gasteiger partial charge in [0.05, 0.1) is 23.8 Å². The van der Waals surface area contributed by atoms with Gasteiger partial charge in [-0.2, -0.15) is 0 Å². The third-order valence-electron chi connectivity index (χ3n) is 3.55. The maximum absolute atomic E-state index is 4.33. The molecule has 2 atom stereocenters. The van der Waals surface area contributed by atoms with Gasteiger partial charge < -0.3 is 10.2 Å². The molecule has 1 fully saturated rings. The predicted molar refractivity (Wildman–Crippen MR) is 73.6 cm³/mol. The van der Waals surface area contributed by atoms with Gasteiger partial charge in [0.15, 0.2) is 0 Å². The molecule has 0 aromatic carbocycles. The number of rotatable bonds is 3. The van der Waals surface area contributed by atoms with Crippen LogP contribution in [0.1, 0.15) is 33.6 Å². The van der Waals surface area contributed by atoms with Crippen molar-refractivity contribution in [3.05, 3.63) is 18.5 Å². The first-order chi connectivity index (χ1) is 8.20. The number of piperidine rings is 1. The lowest BCUT2D eigenvalue weighted by Gasteiger charge is -2.38. The van der Waals surface area contributed by atoms with Crippen LogP contribution in [-0.4, -0.2) is 24.1 Å². The fourth-order valence-corrected chi connectivity index (χ4v) is 2.53. The minimum Gasteiger partial charge on any atom is -0.384 e. The van der Waals surface area contributed by atoms with Gasteiger partial charge in [-0.05, 0) is 38.7 Å². The van der Waals surface area contributed by atoms with Crippen LogP contribution in [0, 0.1) is 5.92 Å². The fourth-order valence-electron chi connectivity index (χ4n) is 2.53. The summed E-state index contributed by atoms with van der Waals surface area (Å²) in [6, 6.07) is 2.84. The Kier molecular flexibility index (Phi) is 3.87. The molecule has 2 unspecified atom stereocenters. The van der Waals surface area contributed by atoms with Crippen molar-refractivity contribution in [3.63, 3.8) is 0 Å². The van der Waals surface area contributed by atoms with Crippen molar-refractivity contribution in [1.29, 1.82) is 0 Å². The highest BCUT2D eigenvalue weighted by molar-refractivity contribution is 5.56. The first-order valence-corrected chi connectivity index (χ1v) is 6.66. The number of anilines is 2. The smallest absolute Gasteiger partial charge is 0.0575 e. The Hall–Kier alpha value is -1.25. The monoisotopic (exact) mass is 233 g/mol. The standard InChI is InChI=1S/C14H23N3/c1-4-16-13-7-14(9-15-8-13)17-10-11(2)5-6-12(17)3/h7-9,11-12,16H,4-6,10H2,1-3H3. The number of pyridine rings is 1. The molecule has 17 heavy (non-hydrogen) atoms. The number of nitrogens with one attached hydrogen (secondary N) is 1. The van der Waals surface area contributed by atoms with Crippen LogP contribution in [0.25, 0.3) is 0 Å². The van der Waals surface area contributed by atoms with Crippen molar-refractivity contribution in [2.75, 3.05) is 23.3 Å². The van der Waals surface area contributed by atoms with Crippen molar-refractivity contribution in [3.8, 4) is 0 Å². The van der Waals surface area contributed by atoms with Gasteiger partial charge in [-0.3, -0.25) is 4.98 Å². The van der Waals surface area contributed by atoms with E-state index in [4.69, 9.17) is 0 Å². The molecule has 0 bridgehead atoms. The van der Waals surface area contributed by atoms with Crippen LogP contribution in [0.4, 0.5) is 11.4 Å². The zero-order valence-electron chi connectivity index (χ0n) is 11.1. The van der Waals surface area contributed by atoms with Crippen molar-refractivity contribution in [1.82, 2.24) is 4.98 Å². The molecule has 94 valence electrons. The third-order valence-corrected chi connectivity index (χ3v) is 3.55. The van der Waals surface area contributed by atoms with Crippen LogP contribution >= 0.6 is 0 Å². The van der Waals surface area contributed by atoms with E-state index in [1.54, 1.807) is 0 Å². The Bertz CT molecular complexity index is 364. The Morgan fingerprint density at radius 2 is 2.18 bits per heavy atom. The van der Waals surface area contributed by atoms with E-state index in [1.807, 2.05) is 12.4 Å². The maximum Gasteiger partial charge on any atom is 0.0575 e. The van der Waals surface area contributed by atoms with Gasteiger partial charge in [-0.25, -0.2) is 0 Å². The SMILES string of the molecule is CCNc1cncc(N2CC(C)CCC2C)c1. The molecule has 2 rings (SSSR count). The van der Waals surface area contributed by atoms with Crippen LogP contribution in [0.2, 0.25) is 0 Å². The van der Waals surface area contributed by atoms with E-state index in [2.05, 4.69) is 42.0 Å². The molecular formula is C14H23N3. The highest BCUT2D eigenvalue weighted by Crippen LogP contribution is 2.28. The number of hydrogen-bond acceptors (Lipinski definition) is 3. The second-order valence-electron chi connectivity index (χ2n) is 5.15. The molecule has 2 heterocycles. The van der Waals surface area contributed by atoms with Crippen LogP contribution in [0.3, 0.4) is 0 Å². The van der Waals surface area contributed by atoms with Crippen molar-refractivity contribution >= 4 is 11.4 Å². The molecule has 0 saturated carbocycles. The van der Waals surface area contributed by atoms with Gasteiger partial charge in [0.1, 0.15) is 0 Å². The zero-order valence-corrected chi connectivity index (χ0v) is 11.1. The summed E-state index contributed by atoms with van der Waals surface area (Å²) >= 11 is 0. The lowest BCUT2D eigenvalue weighted by molar-refractivity contribution is 0.390. The topological polar surface area (TPSA) is 28.2 Å². The summed E-state index contributed by atoms with van der Waals surface area (Å²) < 4.78 is 0. The zero-order chi connectivity index (χ0) is 12.3. The molecule has 1 aliphatic rings. The van der Waals surface area contributed by atoms with Crippen LogP contribution in [0.15, 0.2) is 18.5 Å². The van der Waals surface area contributed by atoms with Crippen LogP contribution in [-0.2, 0) is 0 Å². The molecule has 1 aromatic rings. The molecule has 0 amide bonds. The highest BCUT2D eigenvalue weighted by Gasteiger charge is 2.23. The van der Waals surface area contributed by atoms with Crippen molar-refractivity contribution < 1.29 is 0 Å². The normalized spacial score (nSPS) is 24.8. The van der Waals surface area contributed by atoms with E-state index in [0.717, 1.165) is 24.7 Å². The Morgan fingerprint density at radius 1 is 1.35 bits per heavy atom. The first kappa shape index (κ1) is 12.2. The molecule has 3 nitrogen and oxygen atoms in total. The van der Waals surface area contributed by atoms with E-state index in [-0.39, 0.29) is 0 Å². The van der Waals surface area contributed by atoms with Crippen molar-refractivity contribution in [2.24, 2.45) is 5.92 Å². The summed E-state index contributed by atoms with van der Waals surface area (Å²) in [6.07, 6.45) is 6.50. The highest BCUT2D eigenvalue weighted by atomic mass is 15.2. The number of aromatic nitrogens is 1. The van der Waals surface area contributed by atoms with E-state index < -0.39 is 0 Å². The van der Waals surface area contributed by atoms with Gasteiger partial charge in [0.2, 0.25) is 0 Å². The minimum absolute atomic E-state index is 0.630. The number of nitrogens with zero attached hydrogens (tertiary/aromatic N) is 2. The van der Waals surface area contributed by atoms with Gasteiger partial charge in [0, 0.05) is 19.1 Å². The molecule has 0 aliphatic carbocycles. The van der Waals surface area contributed by atoms with E-state index >= 15 is 0 Å². The van der Waals surface area contributed by atoms with Gasteiger partial charge in [0.25, 0.3) is 0 Å². The Balaban J connectivity index is 2.16. The van der Waals surface area contributed by atoms with Crippen LogP contribution in [0.5, 0.6) is 0 Å². The summed E-state index contributed by atoms with van der Waals surface area (Å²) in [5.41, 5.74) is 2.37. The van der Waals surface area contributed by atoms with Crippen molar-refractivity contribution in [2.45, 2.75) is 39.7 Å². The van der Waals surface area contributed by atoms with Gasteiger partial charge in [-0.1, -0.05) is 6.92 Å². The lowest BCUT2D eigenvalue weighted by atomic mass is 9.94. The lowest BCUT2D eigenvalue weighted by Crippen LogP contribution is -2.41. The fraction of sp³-hybridized carbons (Fsp3) is 0.643. The molecular weight excluding hydrogens is 210 g/mol. The second kappa shape index (κ2) is 5.39. The minimum atomic E-state index is 0.630. The molecule has 3 heteroatoms. The quantitative estimate of drug-likeness (QED) is 0.869. The molecule has 1 saturated heterocycles. The third kappa shape index (κ3) is 2.90. The molecule has 1 N–H and O–H groups in total. The molecule has 0 spiro atoms. The average Bonchev–Trinajstić information content (AvgIpc) is 2.33. The second-order valence-corrected chi connectivity index (χ2v) is 5.15. The first-order valence-electron chi connectivity index (χ1n) is 6.66. The van der Waals surface area contributed by atoms with E-state index in [9.17, 15) is 0 Å². The summed E-state index contributed by atoms with van der Waals surface area (Å²) in [5.74, 6) is 0.786. The summed E-state index contributed by atoms with van der Waals surface area (Å²) in [7, 11) is 0.